The third-order valence-electron chi connectivity index (χ3n) is 3.33. The summed E-state index contributed by atoms with van der Waals surface area (Å²) in [5.74, 6) is -2.02. The minimum Gasteiger partial charge on any atom is -0.302 e. The Morgan fingerprint density at radius 1 is 1.28 bits per heavy atom. The quantitative estimate of drug-likeness (QED) is 0.631. The zero-order valence-corrected chi connectivity index (χ0v) is 15.7. The monoisotopic (exact) mass is 397 g/mol. The van der Waals surface area contributed by atoms with Gasteiger partial charge in [-0.25, -0.2) is 18.7 Å². The molecule has 0 fully saturated rings. The molecule has 25 heavy (non-hydrogen) atoms. The SMILES string of the molecule is CSc1nc(C)c(CC(=O)Nc2nc(-c3ccc(F)c(F)c3)cs2)s1. The highest BCUT2D eigenvalue weighted by atomic mass is 32.2. The van der Waals surface area contributed by atoms with Crippen molar-refractivity contribution in [3.05, 3.63) is 45.8 Å². The molecule has 9 heteroatoms. The molecule has 0 saturated heterocycles. The van der Waals surface area contributed by atoms with Crippen LogP contribution in [0.4, 0.5) is 13.9 Å². The number of carbonyl (C=O) groups is 1. The second kappa shape index (κ2) is 7.59. The van der Waals surface area contributed by atoms with E-state index in [-0.39, 0.29) is 12.3 Å². The van der Waals surface area contributed by atoms with Gasteiger partial charge in [0.25, 0.3) is 0 Å². The second-order valence-corrected chi connectivity index (χ2v) is 8.08. The molecule has 0 bridgehead atoms. The number of benzene rings is 1. The second-order valence-electron chi connectivity index (χ2n) is 5.08. The maximum atomic E-state index is 13.3. The number of anilines is 1. The first-order valence-electron chi connectivity index (χ1n) is 7.17. The van der Waals surface area contributed by atoms with Gasteiger partial charge in [0.15, 0.2) is 16.8 Å². The molecule has 0 aliphatic carbocycles. The Hall–Kier alpha value is -1.84. The molecule has 2 heterocycles. The van der Waals surface area contributed by atoms with Crippen LogP contribution in [0.2, 0.25) is 0 Å². The summed E-state index contributed by atoms with van der Waals surface area (Å²) in [5, 5.41) is 4.83. The molecule has 0 saturated carbocycles. The molecule has 0 aliphatic heterocycles. The first kappa shape index (κ1) is 18.0. The van der Waals surface area contributed by atoms with Crippen molar-refractivity contribution in [2.75, 3.05) is 11.6 Å². The first-order valence-corrected chi connectivity index (χ1v) is 10.1. The van der Waals surface area contributed by atoms with Crippen LogP contribution in [0, 0.1) is 18.6 Å². The largest absolute Gasteiger partial charge is 0.302 e. The number of halogens is 2. The Morgan fingerprint density at radius 3 is 2.76 bits per heavy atom. The summed E-state index contributed by atoms with van der Waals surface area (Å²) in [6, 6.07) is 3.59. The van der Waals surface area contributed by atoms with Crippen molar-refractivity contribution in [3.63, 3.8) is 0 Å². The Labute approximate surface area is 155 Å². The Balaban J connectivity index is 1.69. The Bertz CT molecular complexity index is 923. The van der Waals surface area contributed by atoms with Crippen LogP contribution in [0.3, 0.4) is 0 Å². The van der Waals surface area contributed by atoms with E-state index in [1.54, 1.807) is 17.1 Å². The number of hydrogen-bond donors (Lipinski definition) is 1. The van der Waals surface area contributed by atoms with Gasteiger partial charge in [-0.3, -0.25) is 4.79 Å². The van der Waals surface area contributed by atoms with Crippen LogP contribution in [-0.2, 0) is 11.2 Å². The minimum absolute atomic E-state index is 0.189. The van der Waals surface area contributed by atoms with E-state index in [1.807, 2.05) is 13.2 Å². The molecular formula is C16H13F2N3OS3. The van der Waals surface area contributed by atoms with Crippen LogP contribution < -0.4 is 5.32 Å². The van der Waals surface area contributed by atoms with Gasteiger partial charge >= 0.3 is 0 Å². The van der Waals surface area contributed by atoms with Gasteiger partial charge in [0.05, 0.1) is 17.8 Å². The molecule has 2 aromatic heterocycles. The predicted molar refractivity (Wildman–Crippen MR) is 98.4 cm³/mol. The lowest BCUT2D eigenvalue weighted by Crippen LogP contribution is -2.14. The molecule has 0 spiro atoms. The van der Waals surface area contributed by atoms with Gasteiger partial charge in [-0.1, -0.05) is 11.8 Å². The van der Waals surface area contributed by atoms with Crippen LogP contribution in [0.15, 0.2) is 27.9 Å². The maximum Gasteiger partial charge on any atom is 0.231 e. The molecule has 3 aromatic rings. The zero-order valence-electron chi connectivity index (χ0n) is 13.3. The number of aromatic nitrogens is 2. The summed E-state index contributed by atoms with van der Waals surface area (Å²) in [5.41, 5.74) is 1.79. The minimum atomic E-state index is -0.929. The van der Waals surface area contributed by atoms with Crippen molar-refractivity contribution in [1.29, 1.82) is 0 Å². The fourth-order valence-electron chi connectivity index (χ4n) is 2.08. The summed E-state index contributed by atoms with van der Waals surface area (Å²) in [4.78, 5) is 21.7. The highest BCUT2D eigenvalue weighted by Crippen LogP contribution is 2.28. The van der Waals surface area contributed by atoms with E-state index in [2.05, 4.69) is 15.3 Å². The molecule has 0 radical (unpaired) electrons. The molecule has 1 N–H and O–H groups in total. The van der Waals surface area contributed by atoms with E-state index in [0.29, 0.717) is 16.4 Å². The van der Waals surface area contributed by atoms with E-state index < -0.39 is 11.6 Å². The van der Waals surface area contributed by atoms with Crippen molar-refractivity contribution in [3.8, 4) is 11.3 Å². The fraction of sp³-hybridized carbons (Fsp3) is 0.188. The van der Waals surface area contributed by atoms with Crippen LogP contribution in [0.1, 0.15) is 10.6 Å². The third kappa shape index (κ3) is 4.23. The van der Waals surface area contributed by atoms with Gasteiger partial charge in [-0.15, -0.1) is 22.7 Å². The molecule has 0 aliphatic rings. The summed E-state index contributed by atoms with van der Waals surface area (Å²) < 4.78 is 27.2. The number of nitrogens with one attached hydrogen (secondary N) is 1. The molecule has 0 atom stereocenters. The van der Waals surface area contributed by atoms with Crippen molar-refractivity contribution >= 4 is 45.5 Å². The molecular weight excluding hydrogens is 384 g/mol. The number of hydrogen-bond acceptors (Lipinski definition) is 6. The zero-order chi connectivity index (χ0) is 18.0. The van der Waals surface area contributed by atoms with Gasteiger partial charge in [0, 0.05) is 15.8 Å². The maximum absolute atomic E-state index is 13.3. The summed E-state index contributed by atoms with van der Waals surface area (Å²) in [6.45, 7) is 1.88. The highest BCUT2D eigenvalue weighted by molar-refractivity contribution is 8.00. The number of nitrogens with zero attached hydrogens (tertiary/aromatic N) is 2. The van der Waals surface area contributed by atoms with Gasteiger partial charge < -0.3 is 5.32 Å². The van der Waals surface area contributed by atoms with Crippen LogP contribution in [0.5, 0.6) is 0 Å². The van der Waals surface area contributed by atoms with E-state index in [9.17, 15) is 13.6 Å². The summed E-state index contributed by atoms with van der Waals surface area (Å²) in [7, 11) is 0. The number of thiazole rings is 2. The van der Waals surface area contributed by atoms with Crippen LogP contribution in [-0.4, -0.2) is 22.1 Å². The smallest absolute Gasteiger partial charge is 0.231 e. The van der Waals surface area contributed by atoms with Crippen molar-refractivity contribution in [2.24, 2.45) is 0 Å². The average molecular weight is 397 g/mol. The molecule has 3 rings (SSSR count). The van der Waals surface area contributed by atoms with Crippen molar-refractivity contribution in [2.45, 2.75) is 17.7 Å². The predicted octanol–water partition coefficient (Wildman–Crippen LogP) is 4.76. The molecule has 4 nitrogen and oxygen atoms in total. The number of rotatable bonds is 5. The standard InChI is InChI=1S/C16H13F2N3OS3/c1-8-13(25-16(19-8)23-2)6-14(22)21-15-20-12(7-24-15)9-3-4-10(17)11(18)5-9/h3-5,7H,6H2,1-2H3,(H,20,21,22). The lowest BCUT2D eigenvalue weighted by Gasteiger charge is -2.01. The lowest BCUT2D eigenvalue weighted by molar-refractivity contribution is -0.115. The fourth-order valence-corrected chi connectivity index (χ4v) is 4.47. The Kier molecular flexibility index (Phi) is 5.45. The normalized spacial score (nSPS) is 10.9. The van der Waals surface area contributed by atoms with Gasteiger partial charge in [-0.2, -0.15) is 0 Å². The van der Waals surface area contributed by atoms with Crippen LogP contribution in [0.25, 0.3) is 11.3 Å². The van der Waals surface area contributed by atoms with E-state index in [1.165, 1.54) is 28.7 Å². The molecule has 1 amide bonds. The van der Waals surface area contributed by atoms with Gasteiger partial charge in [-0.05, 0) is 31.4 Å². The highest BCUT2D eigenvalue weighted by Gasteiger charge is 2.14. The van der Waals surface area contributed by atoms with E-state index >= 15 is 0 Å². The van der Waals surface area contributed by atoms with Crippen LogP contribution >= 0.6 is 34.4 Å². The number of carbonyl (C=O) groups excluding carboxylic acids is 1. The topological polar surface area (TPSA) is 54.9 Å². The lowest BCUT2D eigenvalue weighted by atomic mass is 10.2. The Morgan fingerprint density at radius 2 is 2.08 bits per heavy atom. The third-order valence-corrected chi connectivity index (χ3v) is 6.23. The van der Waals surface area contributed by atoms with E-state index in [0.717, 1.165) is 27.0 Å². The van der Waals surface area contributed by atoms with Gasteiger partial charge in [0.2, 0.25) is 5.91 Å². The van der Waals surface area contributed by atoms with E-state index in [4.69, 9.17) is 0 Å². The van der Waals surface area contributed by atoms with Crippen molar-refractivity contribution < 1.29 is 13.6 Å². The number of amides is 1. The summed E-state index contributed by atoms with van der Waals surface area (Å²) in [6.07, 6.45) is 2.17. The number of thioether (sulfide) groups is 1. The molecule has 0 unspecified atom stereocenters. The number of aryl methyl sites for hydroxylation is 1. The molecule has 130 valence electrons. The van der Waals surface area contributed by atoms with Gasteiger partial charge in [0.1, 0.15) is 4.34 Å². The average Bonchev–Trinajstić information content (AvgIpc) is 3.17. The summed E-state index contributed by atoms with van der Waals surface area (Å²) >= 11 is 4.28. The van der Waals surface area contributed by atoms with Crippen molar-refractivity contribution in [1.82, 2.24) is 9.97 Å². The molecule has 1 aromatic carbocycles. The first-order chi connectivity index (χ1) is 12.0.